The summed E-state index contributed by atoms with van der Waals surface area (Å²) in [4.78, 5) is 103. The first kappa shape index (κ1) is 110. The number of urea groups is 1. The quantitative estimate of drug-likeness (QED) is 0.188. The molecule has 14 unspecified atom stereocenters. The molecule has 0 aromatic carbocycles. The van der Waals surface area contributed by atoms with Crippen LogP contribution in [0, 0.1) is 114 Å². The molecule has 133 heavy (non-hydrogen) atoms. The van der Waals surface area contributed by atoms with Crippen LogP contribution in [0.4, 0.5) is 28.8 Å². The number of rotatable bonds is 10. The molecule has 14 heterocycles. The molecule has 20 heteroatoms. The highest BCUT2D eigenvalue weighted by Crippen LogP contribution is 2.54. The Kier molecular flexibility index (Phi) is 37.5. The molecule has 0 spiro atoms. The van der Waals surface area contributed by atoms with Crippen LogP contribution in [0.1, 0.15) is 432 Å². The van der Waals surface area contributed by atoms with E-state index in [1.807, 2.05) is 33.7 Å². The van der Waals surface area contributed by atoms with Crippen molar-refractivity contribution in [3.63, 3.8) is 0 Å². The van der Waals surface area contributed by atoms with Crippen LogP contribution in [-0.2, 0) is 28.5 Å². The normalized spacial score (nSPS) is 32.2. The Bertz CT molecular complexity index is 3460. The van der Waals surface area contributed by atoms with E-state index >= 15 is 0 Å². The molecular formula is C113H202N8O12. The SMILES string of the molecule is CC(C)(C)C1CC2CCC(C1)N2C(=O)C1CCC1.CC(C)(C)C1CC2CCC(C1)N2C(=O)OCC1CCCC1.CC(C)(C)COC(=O)N1C2CCC1CC(C(C)(C)C)C2.CC(C)COC(=O)N1C2CCC1CC(C(C)(C)C)C2.CC(C)COC(=O)N1C2CCC1CC(C(C)(C)C)C2.CC(C)COC(=O)N1C2CCC1CC(C(C)(C)C)C2.CN(C)C(=O)N1C2CCC1CC(C(C)(C)C)C2. The lowest BCUT2D eigenvalue weighted by atomic mass is 9.72. The van der Waals surface area contributed by atoms with Gasteiger partial charge in [0.1, 0.15) is 0 Å². The third-order valence-corrected chi connectivity index (χ3v) is 35.2. The maximum absolute atomic E-state index is 12.5. The molecule has 0 aromatic heterocycles. The highest BCUT2D eigenvalue weighted by Gasteiger charge is 2.55. The van der Waals surface area contributed by atoms with E-state index in [-0.39, 0.29) is 41.9 Å². The fourth-order valence-corrected chi connectivity index (χ4v) is 26.2. The summed E-state index contributed by atoms with van der Waals surface area (Å²) in [5.74, 6) is 8.00. The molecule has 14 bridgehead atoms. The monoisotopic (exact) mass is 1860 g/mol. The molecule has 0 radical (unpaired) electrons. The maximum atomic E-state index is 12.5. The number of fused-ring (bicyclic) bond motifs is 14. The van der Waals surface area contributed by atoms with E-state index in [9.17, 15) is 33.6 Å². The van der Waals surface area contributed by atoms with E-state index in [4.69, 9.17) is 23.7 Å². The Hall–Kier alpha value is -4.91. The van der Waals surface area contributed by atoms with E-state index < -0.39 is 0 Å². The van der Waals surface area contributed by atoms with Crippen LogP contribution >= 0.6 is 0 Å². The van der Waals surface area contributed by atoms with Gasteiger partial charge in [-0.3, -0.25) is 4.79 Å². The Labute approximate surface area is 812 Å². The molecule has 14 saturated heterocycles. The second-order valence-electron chi connectivity index (χ2n) is 55.7. The van der Waals surface area contributed by atoms with Gasteiger partial charge in [-0.2, -0.15) is 0 Å². The van der Waals surface area contributed by atoms with Crippen molar-refractivity contribution in [2.24, 2.45) is 114 Å². The van der Waals surface area contributed by atoms with E-state index in [0.717, 1.165) is 157 Å². The van der Waals surface area contributed by atoms with Crippen molar-refractivity contribution in [2.45, 2.75) is 517 Å². The van der Waals surface area contributed by atoms with Crippen molar-refractivity contribution in [1.29, 1.82) is 0 Å². The Morgan fingerprint density at radius 2 is 0.451 bits per heavy atom. The summed E-state index contributed by atoms with van der Waals surface area (Å²) < 4.78 is 27.5. The Balaban J connectivity index is 0.000000161. The van der Waals surface area contributed by atoms with Gasteiger partial charge in [0.2, 0.25) is 5.91 Å². The molecule has 16 rings (SSSR count). The lowest BCUT2D eigenvalue weighted by Crippen LogP contribution is -2.51. The molecule has 2 aliphatic carbocycles. The maximum Gasteiger partial charge on any atom is 0.410 e. The average molecular weight is 1860 g/mol. The van der Waals surface area contributed by atoms with Crippen molar-refractivity contribution >= 4 is 42.4 Å². The zero-order valence-electron chi connectivity index (χ0n) is 91.3. The zero-order chi connectivity index (χ0) is 98.5. The van der Waals surface area contributed by atoms with Crippen molar-refractivity contribution in [2.75, 3.05) is 47.1 Å². The second-order valence-corrected chi connectivity index (χ2v) is 55.7. The number of hydrogen-bond acceptors (Lipinski definition) is 12. The minimum atomic E-state index is -0.0835. The van der Waals surface area contributed by atoms with E-state index in [2.05, 4.69) is 222 Å². The average Bonchev–Trinajstić information content (AvgIpc) is 1.61. The van der Waals surface area contributed by atoms with Crippen LogP contribution in [0.3, 0.4) is 0 Å². The molecule has 20 nitrogen and oxygen atoms in total. The summed E-state index contributed by atoms with van der Waals surface area (Å²) in [6.45, 7) is 70.5. The van der Waals surface area contributed by atoms with Crippen LogP contribution < -0.4 is 0 Å². The third-order valence-electron chi connectivity index (χ3n) is 35.2. The summed E-state index contributed by atoms with van der Waals surface area (Å²) in [6, 6.07) is 6.54. The molecule has 16 aliphatic rings. The predicted molar refractivity (Wildman–Crippen MR) is 540 cm³/mol. The van der Waals surface area contributed by atoms with Crippen molar-refractivity contribution in [3.8, 4) is 0 Å². The summed E-state index contributed by atoms with van der Waals surface area (Å²) in [6.07, 6.45) is 41.3. The summed E-state index contributed by atoms with van der Waals surface area (Å²) in [7, 11) is 3.72. The molecule has 766 valence electrons. The number of nitrogens with zero attached hydrogens (tertiary/aromatic N) is 8. The summed E-state index contributed by atoms with van der Waals surface area (Å²) in [5.41, 5.74) is 2.61. The summed E-state index contributed by atoms with van der Waals surface area (Å²) >= 11 is 0. The second kappa shape index (κ2) is 45.3. The zero-order valence-corrected chi connectivity index (χ0v) is 91.3. The van der Waals surface area contributed by atoms with Crippen molar-refractivity contribution < 1.29 is 57.2 Å². The fraction of sp³-hybridized carbons (Fsp3) is 0.938. The lowest BCUT2D eigenvalue weighted by Gasteiger charge is -2.45. The van der Waals surface area contributed by atoms with E-state index in [1.165, 1.54) is 109 Å². The number of amides is 8. The van der Waals surface area contributed by atoms with Gasteiger partial charge < -0.3 is 62.9 Å². The molecule has 2 saturated carbocycles. The Morgan fingerprint density at radius 3 is 0.632 bits per heavy atom. The highest BCUT2D eigenvalue weighted by molar-refractivity contribution is 5.81. The smallest absolute Gasteiger partial charge is 0.410 e. The van der Waals surface area contributed by atoms with Crippen LogP contribution in [0.5, 0.6) is 0 Å². The fourth-order valence-electron chi connectivity index (χ4n) is 26.2. The van der Waals surface area contributed by atoms with Gasteiger partial charge in [0.25, 0.3) is 0 Å². The van der Waals surface area contributed by atoms with Gasteiger partial charge in [-0.15, -0.1) is 0 Å². The number of ether oxygens (including phenoxy) is 5. The summed E-state index contributed by atoms with van der Waals surface area (Å²) in [5, 5.41) is 0. The molecule has 0 N–H and O–H groups in total. The van der Waals surface area contributed by atoms with Crippen LogP contribution in [-0.4, -0.2) is 213 Å². The lowest BCUT2D eigenvalue weighted by molar-refractivity contribution is -0.144. The van der Waals surface area contributed by atoms with Gasteiger partial charge in [-0.25, -0.2) is 28.8 Å². The van der Waals surface area contributed by atoms with Gasteiger partial charge in [0.15, 0.2) is 0 Å². The highest BCUT2D eigenvalue weighted by atomic mass is 16.6. The molecule has 14 atom stereocenters. The van der Waals surface area contributed by atoms with Gasteiger partial charge in [0.05, 0.1) is 33.0 Å². The first-order valence-corrected chi connectivity index (χ1v) is 54.7. The molecular weight excluding hydrogens is 1660 g/mol. The standard InChI is InChI=1S/C18H31NO2.C17H31NO2.3C16H29NO2.C16H27NO.C14H26N2O/c1-18(2,3)14-10-15-8-9-16(11-14)19(15)17(20)21-12-13-6-4-5-7-13;1-16(2,3)11-20-15(19)18-13-7-8-14(18)10-12(9-13)17(4,5)6;3*1-11(2)10-19-15(18)17-13-6-7-14(17)9-12(8-13)16(3,4)5;1-16(2,3)12-9-13-7-8-14(10-12)17(13)15(18)11-5-4-6-11;1-14(2,3)10-8-11-6-7-12(9-10)16(11)13(17)15(4)5/h13-16H,4-12H2,1-3H3;12-14H,7-11H2,1-6H3;3*11-14H,6-10H2,1-5H3;11-14H,4-10H2,1-3H3;10-12H,6-9H2,1-5H3. The van der Waals surface area contributed by atoms with Gasteiger partial charge in [-0.1, -0.05) is 227 Å². The predicted octanol–water partition coefficient (Wildman–Crippen LogP) is 27.8. The van der Waals surface area contributed by atoms with Crippen molar-refractivity contribution in [3.05, 3.63) is 0 Å². The largest absolute Gasteiger partial charge is 0.449 e. The Morgan fingerprint density at radius 1 is 0.256 bits per heavy atom. The number of piperidine rings is 7. The van der Waals surface area contributed by atoms with E-state index in [1.54, 1.807) is 4.90 Å². The van der Waals surface area contributed by atoms with E-state index in [0.29, 0.717) is 191 Å². The molecule has 16 fully saturated rings. The van der Waals surface area contributed by atoms with Crippen LogP contribution in [0.25, 0.3) is 0 Å². The third kappa shape index (κ3) is 29.6. The van der Waals surface area contributed by atoms with Gasteiger partial charge in [-0.05, 0) is 314 Å². The van der Waals surface area contributed by atoms with Gasteiger partial charge in [0, 0.05) is 105 Å². The number of carbonyl (C=O) groups excluding carboxylic acids is 7. The minimum Gasteiger partial charge on any atom is -0.449 e. The first-order valence-electron chi connectivity index (χ1n) is 54.7. The molecule has 8 amide bonds. The topological polar surface area (TPSA) is 192 Å². The molecule has 14 aliphatic heterocycles. The number of hydrogen-bond donors (Lipinski definition) is 0. The van der Waals surface area contributed by atoms with Crippen LogP contribution in [0.2, 0.25) is 0 Å². The van der Waals surface area contributed by atoms with Crippen molar-refractivity contribution in [1.82, 2.24) is 39.2 Å². The van der Waals surface area contributed by atoms with Gasteiger partial charge >= 0.3 is 36.5 Å². The minimum absolute atomic E-state index is 0.0261. The number of carbonyl (C=O) groups is 7. The van der Waals surface area contributed by atoms with Crippen LogP contribution in [0.15, 0.2) is 0 Å². The molecule has 0 aromatic rings. The first-order chi connectivity index (χ1) is 61.7.